The molecule has 3 aromatic carbocycles. The van der Waals surface area contributed by atoms with E-state index >= 15 is 0 Å². The van der Waals surface area contributed by atoms with Crippen LogP contribution in [0.25, 0.3) is 11.3 Å². The highest BCUT2D eigenvalue weighted by molar-refractivity contribution is 7.14. The highest BCUT2D eigenvalue weighted by Gasteiger charge is 2.22. The fourth-order valence-corrected chi connectivity index (χ4v) is 5.20. The van der Waals surface area contributed by atoms with Crippen molar-refractivity contribution in [2.75, 3.05) is 47.8 Å². The van der Waals surface area contributed by atoms with Crippen LogP contribution in [0.2, 0.25) is 0 Å². The maximum atomic E-state index is 11.6. The van der Waals surface area contributed by atoms with Gasteiger partial charge in [-0.3, -0.25) is 10.1 Å². The number of hydrogen-bond acceptors (Lipinski definition) is 7. The van der Waals surface area contributed by atoms with Crippen LogP contribution in [0.1, 0.15) is 5.56 Å². The lowest BCUT2D eigenvalue weighted by molar-refractivity contribution is -0.383. The van der Waals surface area contributed by atoms with E-state index in [0.29, 0.717) is 12.2 Å². The summed E-state index contributed by atoms with van der Waals surface area (Å²) in [5.41, 5.74) is 5.02. The van der Waals surface area contributed by atoms with E-state index in [1.54, 1.807) is 17.4 Å². The largest absolute Gasteiger partial charge is 0.379 e. The number of nitrogens with one attached hydrogen (secondary N) is 1. The Morgan fingerprint density at radius 1 is 0.914 bits per heavy atom. The standard InChI is InChI=1S/C27H27N5O2S/c33-32(34)26-12-11-23(19-24(26)28-14-13-21-7-3-1-4-8-21)30-15-17-31(18-16-30)27-29-25(20-35-27)22-9-5-2-6-10-22/h1-12,19-20,28H,13-18H2. The molecule has 0 saturated carbocycles. The lowest BCUT2D eigenvalue weighted by Gasteiger charge is -2.36. The van der Waals surface area contributed by atoms with E-state index < -0.39 is 0 Å². The van der Waals surface area contributed by atoms with Gasteiger partial charge in [-0.05, 0) is 24.1 Å². The minimum absolute atomic E-state index is 0.108. The van der Waals surface area contributed by atoms with Crippen molar-refractivity contribution in [2.45, 2.75) is 6.42 Å². The van der Waals surface area contributed by atoms with Gasteiger partial charge in [0.25, 0.3) is 5.69 Å². The quantitative estimate of drug-likeness (QED) is 0.255. The summed E-state index contributed by atoms with van der Waals surface area (Å²) in [6, 6.07) is 25.7. The Labute approximate surface area is 208 Å². The third kappa shape index (κ3) is 5.44. The zero-order chi connectivity index (χ0) is 24.0. The second kappa shape index (κ2) is 10.6. The summed E-state index contributed by atoms with van der Waals surface area (Å²) in [4.78, 5) is 20.7. The first-order chi connectivity index (χ1) is 17.2. The Hall–Kier alpha value is -3.91. The van der Waals surface area contributed by atoms with Gasteiger partial charge in [0.05, 0.1) is 10.6 Å². The van der Waals surface area contributed by atoms with Gasteiger partial charge in [-0.1, -0.05) is 60.7 Å². The van der Waals surface area contributed by atoms with E-state index in [1.807, 2.05) is 48.5 Å². The molecule has 4 aromatic rings. The summed E-state index contributed by atoms with van der Waals surface area (Å²) in [6.45, 7) is 4.02. The average molecular weight is 486 g/mol. The van der Waals surface area contributed by atoms with Crippen LogP contribution in [0.4, 0.5) is 22.2 Å². The zero-order valence-corrected chi connectivity index (χ0v) is 20.2. The van der Waals surface area contributed by atoms with E-state index in [1.165, 1.54) is 5.56 Å². The smallest absolute Gasteiger partial charge is 0.292 e. The molecule has 1 aliphatic rings. The molecule has 0 amide bonds. The molecule has 1 N–H and O–H groups in total. The van der Waals surface area contributed by atoms with Crippen molar-refractivity contribution in [3.63, 3.8) is 0 Å². The number of hydrogen-bond donors (Lipinski definition) is 1. The van der Waals surface area contributed by atoms with E-state index in [-0.39, 0.29) is 10.6 Å². The van der Waals surface area contributed by atoms with E-state index in [4.69, 9.17) is 4.98 Å². The van der Waals surface area contributed by atoms with Gasteiger partial charge in [-0.25, -0.2) is 4.98 Å². The molecule has 0 spiro atoms. The Balaban J connectivity index is 1.23. The number of benzene rings is 3. The van der Waals surface area contributed by atoms with Crippen LogP contribution in [0.5, 0.6) is 0 Å². The van der Waals surface area contributed by atoms with Crippen LogP contribution in [-0.4, -0.2) is 42.6 Å². The number of piperazine rings is 1. The minimum atomic E-state index is -0.320. The summed E-state index contributed by atoms with van der Waals surface area (Å²) in [6.07, 6.45) is 0.805. The molecule has 178 valence electrons. The average Bonchev–Trinajstić information content (AvgIpc) is 3.40. The number of anilines is 3. The fraction of sp³-hybridized carbons (Fsp3) is 0.222. The molecule has 1 saturated heterocycles. The van der Waals surface area contributed by atoms with Gasteiger partial charge in [-0.2, -0.15) is 0 Å². The molecule has 8 heteroatoms. The summed E-state index contributed by atoms with van der Waals surface area (Å²) in [5, 5.41) is 18.0. The van der Waals surface area contributed by atoms with Gasteiger partial charge in [0.15, 0.2) is 5.13 Å². The molecule has 5 rings (SSSR count). The fourth-order valence-electron chi connectivity index (χ4n) is 4.31. The zero-order valence-electron chi connectivity index (χ0n) is 19.3. The Bertz CT molecular complexity index is 1270. The Morgan fingerprint density at radius 3 is 2.31 bits per heavy atom. The van der Waals surface area contributed by atoms with Crippen LogP contribution in [-0.2, 0) is 6.42 Å². The van der Waals surface area contributed by atoms with Gasteiger partial charge in [-0.15, -0.1) is 11.3 Å². The molecular formula is C27H27N5O2S. The topological polar surface area (TPSA) is 74.5 Å². The maximum Gasteiger partial charge on any atom is 0.292 e. The first-order valence-corrected chi connectivity index (χ1v) is 12.6. The molecule has 0 radical (unpaired) electrons. The maximum absolute atomic E-state index is 11.6. The lowest BCUT2D eigenvalue weighted by Crippen LogP contribution is -2.46. The number of rotatable bonds is 8. The first kappa shape index (κ1) is 22.9. The molecule has 7 nitrogen and oxygen atoms in total. The molecule has 0 unspecified atom stereocenters. The van der Waals surface area contributed by atoms with Crippen molar-refractivity contribution < 1.29 is 4.92 Å². The predicted molar refractivity (Wildman–Crippen MR) is 144 cm³/mol. The lowest BCUT2D eigenvalue weighted by atomic mass is 10.1. The van der Waals surface area contributed by atoms with E-state index in [2.05, 4.69) is 44.8 Å². The van der Waals surface area contributed by atoms with Crippen LogP contribution < -0.4 is 15.1 Å². The number of nitro benzene ring substituents is 1. The third-order valence-electron chi connectivity index (χ3n) is 6.23. The molecule has 0 aliphatic carbocycles. The SMILES string of the molecule is O=[N+]([O-])c1ccc(N2CCN(c3nc(-c4ccccc4)cs3)CC2)cc1NCCc1ccccc1. The summed E-state index contributed by atoms with van der Waals surface area (Å²) in [7, 11) is 0. The van der Waals surface area contributed by atoms with Crippen molar-refractivity contribution in [3.8, 4) is 11.3 Å². The van der Waals surface area contributed by atoms with Crippen LogP contribution in [0.3, 0.4) is 0 Å². The van der Waals surface area contributed by atoms with Gasteiger partial charge in [0.1, 0.15) is 5.69 Å². The van der Waals surface area contributed by atoms with Crippen molar-refractivity contribution in [1.82, 2.24) is 4.98 Å². The normalized spacial score (nSPS) is 13.6. The number of aromatic nitrogens is 1. The van der Waals surface area contributed by atoms with Crippen LogP contribution in [0, 0.1) is 10.1 Å². The van der Waals surface area contributed by atoms with Crippen molar-refractivity contribution in [3.05, 3.63) is 99.9 Å². The molecule has 1 aromatic heterocycles. The first-order valence-electron chi connectivity index (χ1n) is 11.7. The van der Waals surface area contributed by atoms with E-state index in [0.717, 1.165) is 54.7 Å². The monoisotopic (exact) mass is 485 g/mol. The van der Waals surface area contributed by atoms with Gasteiger partial charge in [0.2, 0.25) is 0 Å². The van der Waals surface area contributed by atoms with Crippen molar-refractivity contribution in [2.24, 2.45) is 0 Å². The molecule has 1 fully saturated rings. The second-order valence-corrected chi connectivity index (χ2v) is 9.31. The van der Waals surface area contributed by atoms with Gasteiger partial charge < -0.3 is 15.1 Å². The Morgan fingerprint density at radius 2 is 1.60 bits per heavy atom. The van der Waals surface area contributed by atoms with Crippen molar-refractivity contribution >= 4 is 33.5 Å². The molecule has 2 heterocycles. The van der Waals surface area contributed by atoms with Gasteiger partial charge >= 0.3 is 0 Å². The van der Waals surface area contributed by atoms with Gasteiger partial charge in [0, 0.05) is 55.4 Å². The number of nitro groups is 1. The molecule has 1 aliphatic heterocycles. The summed E-state index contributed by atoms with van der Waals surface area (Å²) < 4.78 is 0. The summed E-state index contributed by atoms with van der Waals surface area (Å²) in [5.74, 6) is 0. The predicted octanol–water partition coefficient (Wildman–Crippen LogP) is 5.70. The molecule has 0 atom stereocenters. The highest BCUT2D eigenvalue weighted by Crippen LogP contribution is 2.32. The summed E-state index contributed by atoms with van der Waals surface area (Å²) >= 11 is 1.67. The molecule has 35 heavy (non-hydrogen) atoms. The minimum Gasteiger partial charge on any atom is -0.379 e. The third-order valence-corrected chi connectivity index (χ3v) is 7.13. The van der Waals surface area contributed by atoms with Crippen LogP contribution >= 0.6 is 11.3 Å². The second-order valence-electron chi connectivity index (χ2n) is 8.48. The highest BCUT2D eigenvalue weighted by atomic mass is 32.1. The Kier molecular flexibility index (Phi) is 6.90. The van der Waals surface area contributed by atoms with E-state index in [9.17, 15) is 10.1 Å². The number of thiazole rings is 1. The molecular weight excluding hydrogens is 458 g/mol. The van der Waals surface area contributed by atoms with Crippen molar-refractivity contribution in [1.29, 1.82) is 0 Å². The molecule has 0 bridgehead atoms. The number of nitrogens with zero attached hydrogens (tertiary/aromatic N) is 4. The van der Waals surface area contributed by atoms with Crippen LogP contribution in [0.15, 0.2) is 84.2 Å².